The standard InChI is InChI=1S/C20H23FN2O4S/c1-3-4-5-12-23(14-15-6-8-16(21)9-7-15)28(25,26)17-10-11-18-19(13-17)27-20(24)22(18)2/h6-11,13H,3-5,12,14H2,1-2H3. The lowest BCUT2D eigenvalue weighted by Crippen LogP contribution is -2.31. The first kappa shape index (κ1) is 20.3. The van der Waals surface area contributed by atoms with E-state index < -0.39 is 15.8 Å². The molecule has 8 heteroatoms. The van der Waals surface area contributed by atoms with Gasteiger partial charge in [-0.25, -0.2) is 17.6 Å². The fourth-order valence-corrected chi connectivity index (χ4v) is 4.52. The van der Waals surface area contributed by atoms with E-state index in [1.54, 1.807) is 25.2 Å². The molecule has 2 aromatic carbocycles. The highest BCUT2D eigenvalue weighted by atomic mass is 32.2. The fraction of sp³-hybridized carbons (Fsp3) is 0.350. The van der Waals surface area contributed by atoms with Gasteiger partial charge >= 0.3 is 5.76 Å². The maximum absolute atomic E-state index is 13.3. The smallest absolute Gasteiger partial charge is 0.408 e. The molecule has 0 fully saturated rings. The Labute approximate surface area is 163 Å². The van der Waals surface area contributed by atoms with Gasteiger partial charge in [-0.15, -0.1) is 0 Å². The first-order valence-corrected chi connectivity index (χ1v) is 10.6. The van der Waals surface area contributed by atoms with Gasteiger partial charge in [0.1, 0.15) is 5.82 Å². The van der Waals surface area contributed by atoms with Gasteiger partial charge in [-0.05, 0) is 36.2 Å². The number of halogens is 1. The molecule has 0 atom stereocenters. The molecule has 28 heavy (non-hydrogen) atoms. The number of unbranched alkanes of at least 4 members (excludes halogenated alkanes) is 2. The minimum Gasteiger partial charge on any atom is -0.408 e. The summed E-state index contributed by atoms with van der Waals surface area (Å²) < 4.78 is 47.5. The average Bonchev–Trinajstić information content (AvgIpc) is 2.96. The van der Waals surface area contributed by atoms with Crippen LogP contribution in [0.25, 0.3) is 11.1 Å². The van der Waals surface area contributed by atoms with Crippen LogP contribution < -0.4 is 5.76 Å². The summed E-state index contributed by atoms with van der Waals surface area (Å²) in [6.45, 7) is 2.54. The van der Waals surface area contributed by atoms with Gasteiger partial charge < -0.3 is 4.42 Å². The molecular weight excluding hydrogens is 383 g/mol. The number of nitrogens with zero attached hydrogens (tertiary/aromatic N) is 2. The molecule has 3 rings (SSSR count). The number of benzene rings is 2. The van der Waals surface area contributed by atoms with Crippen molar-refractivity contribution in [2.24, 2.45) is 7.05 Å². The number of hydrogen-bond donors (Lipinski definition) is 0. The van der Waals surface area contributed by atoms with E-state index in [4.69, 9.17) is 4.42 Å². The van der Waals surface area contributed by atoms with Crippen LogP contribution in [0.2, 0.25) is 0 Å². The van der Waals surface area contributed by atoms with Crippen LogP contribution in [-0.2, 0) is 23.6 Å². The normalized spacial score (nSPS) is 12.1. The highest BCUT2D eigenvalue weighted by Gasteiger charge is 2.25. The van der Waals surface area contributed by atoms with Gasteiger partial charge in [0.25, 0.3) is 0 Å². The Balaban J connectivity index is 1.96. The maximum atomic E-state index is 13.3. The van der Waals surface area contributed by atoms with Crippen molar-refractivity contribution in [1.29, 1.82) is 0 Å². The van der Waals surface area contributed by atoms with Gasteiger partial charge in [0.05, 0.1) is 10.4 Å². The lowest BCUT2D eigenvalue weighted by atomic mass is 10.2. The molecule has 6 nitrogen and oxygen atoms in total. The second-order valence-electron chi connectivity index (χ2n) is 6.73. The van der Waals surface area contributed by atoms with Crippen LogP contribution in [0.5, 0.6) is 0 Å². The van der Waals surface area contributed by atoms with Crippen molar-refractivity contribution in [2.75, 3.05) is 6.54 Å². The summed E-state index contributed by atoms with van der Waals surface area (Å²) in [5.41, 5.74) is 1.46. The summed E-state index contributed by atoms with van der Waals surface area (Å²) in [6, 6.07) is 10.2. The number of rotatable bonds is 8. The molecule has 0 aliphatic heterocycles. The number of hydrogen-bond acceptors (Lipinski definition) is 4. The molecule has 1 aromatic heterocycles. The van der Waals surface area contributed by atoms with Gasteiger partial charge in [0.15, 0.2) is 5.58 Å². The summed E-state index contributed by atoms with van der Waals surface area (Å²) in [6.07, 6.45) is 2.59. The molecule has 0 bridgehead atoms. The molecule has 0 aliphatic rings. The van der Waals surface area contributed by atoms with E-state index in [9.17, 15) is 17.6 Å². The summed E-state index contributed by atoms with van der Waals surface area (Å²) >= 11 is 0. The Kier molecular flexibility index (Phi) is 6.00. The van der Waals surface area contributed by atoms with Crippen molar-refractivity contribution in [3.8, 4) is 0 Å². The summed E-state index contributed by atoms with van der Waals surface area (Å²) in [7, 11) is -2.25. The predicted molar refractivity (Wildman–Crippen MR) is 105 cm³/mol. The van der Waals surface area contributed by atoms with E-state index in [1.165, 1.54) is 33.1 Å². The Morgan fingerprint density at radius 3 is 2.50 bits per heavy atom. The van der Waals surface area contributed by atoms with Crippen molar-refractivity contribution in [3.05, 3.63) is 64.4 Å². The van der Waals surface area contributed by atoms with Gasteiger partial charge in [0.2, 0.25) is 10.0 Å². The van der Waals surface area contributed by atoms with Crippen LogP contribution >= 0.6 is 0 Å². The lowest BCUT2D eigenvalue weighted by molar-refractivity contribution is 0.394. The van der Waals surface area contributed by atoms with Crippen molar-refractivity contribution in [2.45, 2.75) is 37.6 Å². The van der Waals surface area contributed by atoms with Crippen LogP contribution in [0.1, 0.15) is 31.7 Å². The zero-order valence-electron chi connectivity index (χ0n) is 15.9. The molecule has 0 unspecified atom stereocenters. The quantitative estimate of drug-likeness (QED) is 0.535. The molecular formula is C20H23FN2O4S. The molecule has 0 spiro atoms. The number of sulfonamides is 1. The van der Waals surface area contributed by atoms with Crippen molar-refractivity contribution < 1.29 is 17.2 Å². The van der Waals surface area contributed by atoms with Crippen LogP contribution in [0.4, 0.5) is 4.39 Å². The van der Waals surface area contributed by atoms with Gasteiger partial charge in [-0.2, -0.15) is 4.31 Å². The van der Waals surface area contributed by atoms with Gasteiger partial charge in [-0.3, -0.25) is 4.57 Å². The second kappa shape index (κ2) is 8.28. The molecule has 3 aromatic rings. The number of aryl methyl sites for hydroxylation is 1. The second-order valence-corrected chi connectivity index (χ2v) is 8.67. The lowest BCUT2D eigenvalue weighted by Gasteiger charge is -2.22. The molecule has 0 saturated heterocycles. The third-order valence-electron chi connectivity index (χ3n) is 4.68. The van der Waals surface area contributed by atoms with E-state index in [0.717, 1.165) is 19.3 Å². The fourth-order valence-electron chi connectivity index (χ4n) is 3.04. The third kappa shape index (κ3) is 4.18. The molecule has 0 aliphatic carbocycles. The van der Waals surface area contributed by atoms with E-state index in [0.29, 0.717) is 17.6 Å². The molecule has 0 saturated carbocycles. The molecule has 0 amide bonds. The first-order chi connectivity index (χ1) is 13.3. The molecule has 0 radical (unpaired) electrons. The monoisotopic (exact) mass is 406 g/mol. The van der Waals surface area contributed by atoms with E-state index >= 15 is 0 Å². The third-order valence-corrected chi connectivity index (χ3v) is 6.53. The highest BCUT2D eigenvalue weighted by Crippen LogP contribution is 2.23. The van der Waals surface area contributed by atoms with Crippen LogP contribution in [-0.4, -0.2) is 23.8 Å². The van der Waals surface area contributed by atoms with E-state index in [-0.39, 0.29) is 22.8 Å². The Morgan fingerprint density at radius 2 is 1.82 bits per heavy atom. The topological polar surface area (TPSA) is 72.5 Å². The average molecular weight is 406 g/mol. The minimum absolute atomic E-state index is 0.0629. The number of oxazole rings is 1. The maximum Gasteiger partial charge on any atom is 0.419 e. The van der Waals surface area contributed by atoms with Crippen molar-refractivity contribution >= 4 is 21.1 Å². The highest BCUT2D eigenvalue weighted by molar-refractivity contribution is 7.89. The van der Waals surface area contributed by atoms with Crippen LogP contribution in [0.3, 0.4) is 0 Å². The van der Waals surface area contributed by atoms with Crippen molar-refractivity contribution in [3.63, 3.8) is 0 Å². The van der Waals surface area contributed by atoms with Gasteiger partial charge in [0, 0.05) is 26.2 Å². The largest absolute Gasteiger partial charge is 0.419 e. The predicted octanol–water partition coefficient (Wildman–Crippen LogP) is 3.65. The summed E-state index contributed by atoms with van der Waals surface area (Å²) in [5, 5.41) is 0. The summed E-state index contributed by atoms with van der Waals surface area (Å²) in [5.74, 6) is -0.913. The Hall–Kier alpha value is -2.45. The van der Waals surface area contributed by atoms with Crippen LogP contribution in [0, 0.1) is 5.82 Å². The molecule has 150 valence electrons. The molecule has 1 heterocycles. The number of fused-ring (bicyclic) bond motifs is 1. The van der Waals surface area contributed by atoms with E-state index in [2.05, 4.69) is 0 Å². The Morgan fingerprint density at radius 1 is 1.11 bits per heavy atom. The van der Waals surface area contributed by atoms with Crippen LogP contribution in [0.15, 0.2) is 56.6 Å². The minimum atomic E-state index is -3.82. The SMILES string of the molecule is CCCCCN(Cc1ccc(F)cc1)S(=O)(=O)c1ccc2c(c1)oc(=O)n2C. The number of aromatic nitrogens is 1. The summed E-state index contributed by atoms with van der Waals surface area (Å²) in [4.78, 5) is 11.7. The molecule has 0 N–H and O–H groups in total. The van der Waals surface area contributed by atoms with E-state index in [1.807, 2.05) is 6.92 Å². The van der Waals surface area contributed by atoms with Gasteiger partial charge in [-0.1, -0.05) is 31.9 Å². The first-order valence-electron chi connectivity index (χ1n) is 9.17. The zero-order chi connectivity index (χ0) is 20.3. The zero-order valence-corrected chi connectivity index (χ0v) is 16.7. The Bertz CT molecular complexity index is 1120. The van der Waals surface area contributed by atoms with Crippen molar-refractivity contribution in [1.82, 2.24) is 8.87 Å².